The summed E-state index contributed by atoms with van der Waals surface area (Å²) in [5.41, 5.74) is 2.45. The molecule has 3 heterocycles. The third kappa shape index (κ3) is 2.11. The quantitative estimate of drug-likeness (QED) is 0.721. The van der Waals surface area contributed by atoms with Gasteiger partial charge in [-0.2, -0.15) is 0 Å². The van der Waals surface area contributed by atoms with Gasteiger partial charge in [-0.3, -0.25) is 4.79 Å². The van der Waals surface area contributed by atoms with Gasteiger partial charge in [-0.05, 0) is 24.5 Å². The summed E-state index contributed by atoms with van der Waals surface area (Å²) in [5, 5.41) is 0. The summed E-state index contributed by atoms with van der Waals surface area (Å²) in [6.45, 7) is 10.9. The highest BCUT2D eigenvalue weighted by atomic mass is 16.2. The second-order valence-electron chi connectivity index (χ2n) is 6.25. The minimum absolute atomic E-state index is 0.102. The van der Waals surface area contributed by atoms with Gasteiger partial charge in [0.1, 0.15) is 0 Å². The highest BCUT2D eigenvalue weighted by Crippen LogP contribution is 2.39. The van der Waals surface area contributed by atoms with Crippen molar-refractivity contribution in [1.29, 1.82) is 0 Å². The molecule has 3 aliphatic rings. The first-order valence-electron chi connectivity index (χ1n) is 7.19. The van der Waals surface area contributed by atoms with E-state index >= 15 is 0 Å². The Labute approximate surface area is 115 Å². The summed E-state index contributed by atoms with van der Waals surface area (Å²) in [4.78, 5) is 16.6. The van der Waals surface area contributed by atoms with E-state index in [0.29, 0.717) is 17.7 Å². The molecule has 0 aromatic carbocycles. The number of likely N-dealkylation sites (tertiary alicyclic amines) is 1. The van der Waals surface area contributed by atoms with Crippen LogP contribution in [-0.2, 0) is 4.79 Å². The van der Waals surface area contributed by atoms with Crippen molar-refractivity contribution < 1.29 is 4.79 Å². The van der Waals surface area contributed by atoms with E-state index < -0.39 is 0 Å². The molecule has 3 nitrogen and oxygen atoms in total. The average molecular weight is 258 g/mol. The molecule has 0 aromatic rings. The van der Waals surface area contributed by atoms with Crippen molar-refractivity contribution in [2.45, 2.75) is 20.3 Å². The highest BCUT2D eigenvalue weighted by molar-refractivity contribution is 5.78. The van der Waals surface area contributed by atoms with Gasteiger partial charge in [0.25, 0.3) is 0 Å². The van der Waals surface area contributed by atoms with E-state index in [-0.39, 0.29) is 5.92 Å². The molecule has 3 heteroatoms. The third-order valence-corrected chi connectivity index (χ3v) is 4.42. The van der Waals surface area contributed by atoms with Crippen LogP contribution in [-0.4, -0.2) is 35.3 Å². The molecule has 19 heavy (non-hydrogen) atoms. The topological polar surface area (TPSA) is 23.6 Å². The molecule has 2 saturated heterocycles. The lowest BCUT2D eigenvalue weighted by Gasteiger charge is -2.49. The number of piperidine rings is 2. The molecule has 0 aliphatic carbocycles. The molecule has 1 amide bonds. The van der Waals surface area contributed by atoms with Crippen LogP contribution in [0, 0.1) is 17.8 Å². The number of nitrogens with zero attached hydrogens (tertiary/aromatic N) is 2. The molecular formula is C16H22N2O. The number of fused-ring (bicyclic) bond motifs is 4. The maximum absolute atomic E-state index is 12.2. The van der Waals surface area contributed by atoms with Gasteiger partial charge in [0, 0.05) is 42.9 Å². The first-order chi connectivity index (χ1) is 9.06. The molecule has 102 valence electrons. The Balaban J connectivity index is 1.82. The summed E-state index contributed by atoms with van der Waals surface area (Å²) in [6.07, 6.45) is 7.56. The van der Waals surface area contributed by atoms with Gasteiger partial charge >= 0.3 is 0 Å². The van der Waals surface area contributed by atoms with Crippen LogP contribution in [0.3, 0.4) is 0 Å². The predicted octanol–water partition coefficient (Wildman–Crippen LogP) is 2.39. The van der Waals surface area contributed by atoms with Gasteiger partial charge in [-0.25, -0.2) is 0 Å². The van der Waals surface area contributed by atoms with E-state index in [1.165, 1.54) is 12.1 Å². The summed E-state index contributed by atoms with van der Waals surface area (Å²) in [6, 6.07) is 0. The van der Waals surface area contributed by atoms with Gasteiger partial charge in [0.05, 0.1) is 0 Å². The fraction of sp³-hybridized carbons (Fsp3) is 0.562. The van der Waals surface area contributed by atoms with E-state index in [4.69, 9.17) is 0 Å². The molecule has 0 unspecified atom stereocenters. The Hall–Kier alpha value is -1.51. The Morgan fingerprint density at radius 2 is 2.16 bits per heavy atom. The number of allylic oxidation sites excluding steroid dienone is 3. The van der Waals surface area contributed by atoms with Crippen LogP contribution in [0.4, 0.5) is 0 Å². The molecule has 0 spiro atoms. The Morgan fingerprint density at radius 3 is 2.89 bits per heavy atom. The number of hydrogen-bond donors (Lipinski definition) is 0. The fourth-order valence-electron chi connectivity index (χ4n) is 3.54. The molecule has 3 rings (SSSR count). The smallest absolute Gasteiger partial charge is 0.225 e. The van der Waals surface area contributed by atoms with Gasteiger partial charge in [-0.1, -0.05) is 26.5 Å². The van der Waals surface area contributed by atoms with Crippen molar-refractivity contribution in [3.63, 3.8) is 0 Å². The lowest BCUT2D eigenvalue weighted by Crippen LogP contribution is -2.53. The van der Waals surface area contributed by atoms with Gasteiger partial charge in [0.15, 0.2) is 0 Å². The maximum atomic E-state index is 12.2. The second kappa shape index (κ2) is 4.55. The summed E-state index contributed by atoms with van der Waals surface area (Å²) < 4.78 is 0. The number of carbonyl (C=O) groups is 1. The van der Waals surface area contributed by atoms with Crippen molar-refractivity contribution in [2.75, 3.05) is 19.6 Å². The first kappa shape index (κ1) is 12.5. The van der Waals surface area contributed by atoms with E-state index in [1.54, 1.807) is 0 Å². The molecule has 2 bridgehead atoms. The molecule has 2 atom stereocenters. The van der Waals surface area contributed by atoms with Crippen molar-refractivity contribution in [1.82, 2.24) is 9.80 Å². The third-order valence-electron chi connectivity index (χ3n) is 4.42. The van der Waals surface area contributed by atoms with E-state index in [1.807, 2.05) is 13.8 Å². The first-order valence-corrected chi connectivity index (χ1v) is 7.19. The molecule has 0 saturated carbocycles. The number of hydrogen-bond acceptors (Lipinski definition) is 2. The Morgan fingerprint density at radius 1 is 1.37 bits per heavy atom. The fourth-order valence-corrected chi connectivity index (χ4v) is 3.54. The standard InChI is InChI=1S/C16H22N2O/c1-11(2)16(19)17-8-13-7-14(10-17)15-6-4-5-12(3)18(15)9-13/h4-6,11,13-14H,3,7-10H2,1-2H3/t13-,14+/m1/s1. The summed E-state index contributed by atoms with van der Waals surface area (Å²) in [7, 11) is 0. The zero-order valence-corrected chi connectivity index (χ0v) is 11.8. The van der Waals surface area contributed by atoms with Crippen molar-refractivity contribution >= 4 is 5.91 Å². The second-order valence-corrected chi connectivity index (χ2v) is 6.25. The minimum atomic E-state index is 0.102. The number of carbonyl (C=O) groups excluding carboxylic acids is 1. The molecule has 0 aromatic heterocycles. The van der Waals surface area contributed by atoms with E-state index in [9.17, 15) is 4.79 Å². The van der Waals surface area contributed by atoms with Crippen LogP contribution < -0.4 is 0 Å². The van der Waals surface area contributed by atoms with Crippen LogP contribution in [0.5, 0.6) is 0 Å². The van der Waals surface area contributed by atoms with E-state index in [2.05, 4.69) is 34.6 Å². The average Bonchev–Trinajstić information content (AvgIpc) is 2.39. The molecule has 0 N–H and O–H groups in total. The van der Waals surface area contributed by atoms with Gasteiger partial charge in [0.2, 0.25) is 5.91 Å². The van der Waals surface area contributed by atoms with Crippen LogP contribution in [0.1, 0.15) is 20.3 Å². The summed E-state index contributed by atoms with van der Waals surface area (Å²) in [5.74, 6) is 1.47. The number of amides is 1. The molecule has 0 radical (unpaired) electrons. The zero-order chi connectivity index (χ0) is 13.6. The van der Waals surface area contributed by atoms with Crippen molar-refractivity contribution in [2.24, 2.45) is 17.8 Å². The van der Waals surface area contributed by atoms with Crippen LogP contribution in [0.15, 0.2) is 36.2 Å². The predicted molar refractivity (Wildman–Crippen MR) is 76.1 cm³/mol. The molecule has 3 aliphatic heterocycles. The van der Waals surface area contributed by atoms with E-state index in [0.717, 1.165) is 25.3 Å². The Bertz CT molecular complexity index is 475. The van der Waals surface area contributed by atoms with Gasteiger partial charge < -0.3 is 9.80 Å². The van der Waals surface area contributed by atoms with Gasteiger partial charge in [-0.15, -0.1) is 0 Å². The molecular weight excluding hydrogens is 236 g/mol. The lowest BCUT2D eigenvalue weighted by atomic mass is 9.80. The largest absolute Gasteiger partial charge is 0.345 e. The minimum Gasteiger partial charge on any atom is -0.345 e. The van der Waals surface area contributed by atoms with Crippen LogP contribution >= 0.6 is 0 Å². The lowest BCUT2D eigenvalue weighted by molar-refractivity contribution is -0.138. The summed E-state index contributed by atoms with van der Waals surface area (Å²) >= 11 is 0. The van der Waals surface area contributed by atoms with Crippen molar-refractivity contribution in [3.8, 4) is 0 Å². The maximum Gasteiger partial charge on any atom is 0.225 e. The zero-order valence-electron chi connectivity index (χ0n) is 11.8. The normalized spacial score (nSPS) is 29.4. The number of rotatable bonds is 1. The van der Waals surface area contributed by atoms with Crippen LogP contribution in [0.2, 0.25) is 0 Å². The van der Waals surface area contributed by atoms with Crippen molar-refractivity contribution in [3.05, 3.63) is 36.2 Å². The Kier molecular flexibility index (Phi) is 3.00. The SMILES string of the molecule is C=C1C=CC=C2[C@H]3C[C@H](CN(C(=O)C(C)C)C3)CN12. The monoisotopic (exact) mass is 258 g/mol. The van der Waals surface area contributed by atoms with Crippen LogP contribution in [0.25, 0.3) is 0 Å². The highest BCUT2D eigenvalue weighted by Gasteiger charge is 2.39. The molecule has 2 fully saturated rings.